The third-order valence-electron chi connectivity index (χ3n) is 2.73. The van der Waals surface area contributed by atoms with Gasteiger partial charge in [-0.25, -0.2) is 0 Å². The predicted molar refractivity (Wildman–Crippen MR) is 75.7 cm³/mol. The van der Waals surface area contributed by atoms with Crippen molar-refractivity contribution in [3.8, 4) is 0 Å². The predicted octanol–water partition coefficient (Wildman–Crippen LogP) is 1.30. The molecule has 106 valence electrons. The number of carbonyl (C=O) groups excluding carboxylic acids is 1. The summed E-state index contributed by atoms with van der Waals surface area (Å²) in [5.74, 6) is -0.920. The second-order valence-corrected chi connectivity index (χ2v) is 5.99. The van der Waals surface area contributed by atoms with Crippen LogP contribution in [0.4, 0.5) is 5.69 Å². The molecule has 0 fully saturated rings. The summed E-state index contributed by atoms with van der Waals surface area (Å²) >= 11 is 5.77. The molecule has 0 saturated carbocycles. The van der Waals surface area contributed by atoms with Crippen LogP contribution in [-0.4, -0.2) is 24.3 Å². The van der Waals surface area contributed by atoms with Crippen LogP contribution in [0.25, 0.3) is 0 Å². The molecule has 1 unspecified atom stereocenters. The Balaban J connectivity index is 2.52. The molecular weight excluding hydrogens is 304 g/mol. The number of benzene rings is 1. The third-order valence-corrected chi connectivity index (χ3v) is 4.03. The van der Waals surface area contributed by atoms with E-state index in [1.165, 1.54) is 23.3 Å². The number of carbonyl (C=O) groups is 1. The van der Waals surface area contributed by atoms with Crippen molar-refractivity contribution in [3.63, 3.8) is 0 Å². The first-order valence-electron chi connectivity index (χ1n) is 5.49. The monoisotopic (exact) mass is 314 g/mol. The van der Waals surface area contributed by atoms with Crippen LogP contribution >= 0.6 is 11.6 Å². The number of halogens is 1. The van der Waals surface area contributed by atoms with Crippen molar-refractivity contribution >= 4 is 33.3 Å². The van der Waals surface area contributed by atoms with E-state index in [0.29, 0.717) is 10.7 Å². The minimum atomic E-state index is -4.55. The normalized spacial score (nSPS) is 18.8. The molecule has 1 amide bonds. The summed E-state index contributed by atoms with van der Waals surface area (Å²) < 4.78 is 32.5. The zero-order valence-electron chi connectivity index (χ0n) is 10.1. The Kier molecular flexibility index (Phi) is 3.85. The first-order chi connectivity index (χ1) is 9.30. The highest BCUT2D eigenvalue weighted by Crippen LogP contribution is 2.28. The Hall–Kier alpha value is -1.83. The van der Waals surface area contributed by atoms with Gasteiger partial charge in [0.05, 0.1) is 5.57 Å². The van der Waals surface area contributed by atoms with Gasteiger partial charge < -0.3 is 10.6 Å². The summed E-state index contributed by atoms with van der Waals surface area (Å²) in [5, 5.41) is -1.10. The molecule has 6 nitrogen and oxygen atoms in total. The number of allylic oxidation sites excluding steroid dienone is 2. The van der Waals surface area contributed by atoms with Gasteiger partial charge in [-0.15, -0.1) is 0 Å². The second kappa shape index (κ2) is 5.28. The lowest BCUT2D eigenvalue weighted by Gasteiger charge is -2.31. The van der Waals surface area contributed by atoms with Crippen LogP contribution in [0.1, 0.15) is 0 Å². The highest BCUT2D eigenvalue weighted by atomic mass is 35.5. The van der Waals surface area contributed by atoms with Gasteiger partial charge >= 0.3 is 0 Å². The molecule has 2 rings (SSSR count). The molecule has 1 heterocycles. The van der Waals surface area contributed by atoms with Crippen molar-refractivity contribution in [1.82, 2.24) is 0 Å². The molecular formula is C12H11ClN2O4S. The first kappa shape index (κ1) is 14.6. The fraction of sp³-hybridized carbons (Fsp3) is 0.0833. The van der Waals surface area contributed by atoms with Gasteiger partial charge in [0.25, 0.3) is 10.1 Å². The van der Waals surface area contributed by atoms with Crippen LogP contribution in [0.5, 0.6) is 0 Å². The third kappa shape index (κ3) is 2.84. The summed E-state index contributed by atoms with van der Waals surface area (Å²) in [7, 11) is -4.55. The van der Waals surface area contributed by atoms with Gasteiger partial charge in [0.1, 0.15) is 0 Å². The number of rotatable bonds is 3. The average molecular weight is 315 g/mol. The number of primary amides is 1. The molecule has 0 aliphatic carbocycles. The molecule has 1 atom stereocenters. The Morgan fingerprint density at radius 2 is 1.90 bits per heavy atom. The zero-order chi connectivity index (χ0) is 14.9. The van der Waals surface area contributed by atoms with Crippen molar-refractivity contribution in [2.45, 2.75) is 5.37 Å². The van der Waals surface area contributed by atoms with Gasteiger partial charge in [-0.3, -0.25) is 9.35 Å². The van der Waals surface area contributed by atoms with E-state index in [9.17, 15) is 17.8 Å². The fourth-order valence-corrected chi connectivity index (χ4v) is 3.01. The van der Waals surface area contributed by atoms with Crippen LogP contribution in [0.3, 0.4) is 0 Å². The van der Waals surface area contributed by atoms with E-state index < -0.39 is 21.4 Å². The SMILES string of the molecule is NC(=O)C1=CC=CN(c2ccc(Cl)cc2)C1S(=O)(=O)O. The van der Waals surface area contributed by atoms with Gasteiger partial charge in [-0.2, -0.15) is 8.42 Å². The Bertz CT molecular complexity index is 695. The molecule has 0 spiro atoms. The van der Waals surface area contributed by atoms with Gasteiger partial charge in [0, 0.05) is 16.9 Å². The van der Waals surface area contributed by atoms with Crippen LogP contribution < -0.4 is 10.6 Å². The van der Waals surface area contributed by atoms with E-state index in [-0.39, 0.29) is 5.57 Å². The quantitative estimate of drug-likeness (QED) is 0.819. The number of nitrogens with zero attached hydrogens (tertiary/aromatic N) is 1. The number of amides is 1. The average Bonchev–Trinajstić information content (AvgIpc) is 2.37. The van der Waals surface area contributed by atoms with Crippen molar-refractivity contribution < 1.29 is 17.8 Å². The maximum Gasteiger partial charge on any atom is 0.291 e. The van der Waals surface area contributed by atoms with Gasteiger partial charge in [-0.05, 0) is 36.4 Å². The minimum Gasteiger partial charge on any atom is -0.366 e. The molecule has 1 aromatic rings. The van der Waals surface area contributed by atoms with E-state index in [1.807, 2.05) is 0 Å². The lowest BCUT2D eigenvalue weighted by molar-refractivity contribution is -0.114. The largest absolute Gasteiger partial charge is 0.366 e. The van der Waals surface area contributed by atoms with Crippen molar-refractivity contribution in [3.05, 3.63) is 53.2 Å². The van der Waals surface area contributed by atoms with E-state index in [2.05, 4.69) is 0 Å². The lowest BCUT2D eigenvalue weighted by atomic mass is 10.1. The number of anilines is 1. The number of hydrogen-bond donors (Lipinski definition) is 2. The summed E-state index contributed by atoms with van der Waals surface area (Å²) in [6.45, 7) is 0. The topological polar surface area (TPSA) is 101 Å². The smallest absolute Gasteiger partial charge is 0.291 e. The fourth-order valence-electron chi connectivity index (χ4n) is 1.89. The molecule has 20 heavy (non-hydrogen) atoms. The Morgan fingerprint density at radius 1 is 1.30 bits per heavy atom. The molecule has 0 aromatic heterocycles. The number of nitrogens with two attached hydrogens (primary N) is 1. The molecule has 0 bridgehead atoms. The molecule has 1 aliphatic rings. The van der Waals surface area contributed by atoms with Crippen LogP contribution in [0.15, 0.2) is 48.2 Å². The van der Waals surface area contributed by atoms with Gasteiger partial charge in [0.15, 0.2) is 5.37 Å². The van der Waals surface area contributed by atoms with Crippen molar-refractivity contribution in [2.75, 3.05) is 4.90 Å². The highest BCUT2D eigenvalue weighted by molar-refractivity contribution is 7.86. The molecule has 1 aromatic carbocycles. The maximum absolute atomic E-state index is 11.6. The molecule has 3 N–H and O–H groups in total. The standard InChI is InChI=1S/C12H11ClN2O4S/c13-8-3-5-9(6-4-8)15-7-1-2-10(11(14)16)12(15)20(17,18)19/h1-7,12H,(H2,14,16)(H,17,18,19). The summed E-state index contributed by atoms with van der Waals surface area (Å²) in [6, 6.07) is 6.26. The Labute approximate surface area is 120 Å². The molecule has 1 aliphatic heterocycles. The molecule has 8 heteroatoms. The van der Waals surface area contributed by atoms with E-state index in [4.69, 9.17) is 17.3 Å². The lowest BCUT2D eigenvalue weighted by Crippen LogP contribution is -2.44. The van der Waals surface area contributed by atoms with Crippen LogP contribution in [0.2, 0.25) is 5.02 Å². The first-order valence-corrected chi connectivity index (χ1v) is 7.37. The molecule has 0 radical (unpaired) electrons. The van der Waals surface area contributed by atoms with E-state index in [1.54, 1.807) is 24.3 Å². The summed E-state index contributed by atoms with van der Waals surface area (Å²) in [4.78, 5) is 12.6. The van der Waals surface area contributed by atoms with E-state index >= 15 is 0 Å². The van der Waals surface area contributed by atoms with Crippen molar-refractivity contribution in [2.24, 2.45) is 5.73 Å². The van der Waals surface area contributed by atoms with Crippen molar-refractivity contribution in [1.29, 1.82) is 0 Å². The zero-order valence-corrected chi connectivity index (χ0v) is 11.7. The minimum absolute atomic E-state index is 0.218. The summed E-state index contributed by atoms with van der Waals surface area (Å²) in [6.07, 6.45) is 4.15. The maximum atomic E-state index is 11.6. The highest BCUT2D eigenvalue weighted by Gasteiger charge is 2.36. The number of hydrogen-bond acceptors (Lipinski definition) is 4. The Morgan fingerprint density at radius 3 is 2.40 bits per heavy atom. The van der Waals surface area contributed by atoms with E-state index in [0.717, 1.165) is 0 Å². The molecule has 0 saturated heterocycles. The van der Waals surface area contributed by atoms with Crippen LogP contribution in [0, 0.1) is 0 Å². The summed E-state index contributed by atoms with van der Waals surface area (Å²) in [5.41, 5.74) is 5.38. The van der Waals surface area contributed by atoms with Gasteiger partial charge in [-0.1, -0.05) is 11.6 Å². The second-order valence-electron chi connectivity index (χ2n) is 4.08. The van der Waals surface area contributed by atoms with Crippen LogP contribution in [-0.2, 0) is 14.9 Å². The van der Waals surface area contributed by atoms with Gasteiger partial charge in [0.2, 0.25) is 5.91 Å².